The monoisotopic (exact) mass is 254 g/mol. The van der Waals surface area contributed by atoms with E-state index in [2.05, 4.69) is 4.98 Å². The topological polar surface area (TPSA) is 33.2 Å². The minimum Gasteiger partial charge on any atom is -0.312 e. The second kappa shape index (κ2) is 3.43. The van der Waals surface area contributed by atoms with Gasteiger partial charge in [0, 0.05) is 20.5 Å². The quantitative estimate of drug-likeness (QED) is 0.724. The van der Waals surface area contributed by atoms with E-state index < -0.39 is 12.9 Å². The van der Waals surface area contributed by atoms with Crippen LogP contribution in [0.25, 0.3) is 10.2 Å². The number of anilines is 1. The largest absolute Gasteiger partial charge is 0.312 e. The molecule has 1 amide bonds. The first-order valence-corrected chi connectivity index (χ1v) is 5.93. The van der Waals surface area contributed by atoms with Gasteiger partial charge in [-0.05, 0) is 24.1 Å². The van der Waals surface area contributed by atoms with E-state index in [1.165, 1.54) is 23.2 Å². The second-order valence-electron chi connectivity index (χ2n) is 3.55. The molecule has 1 aromatic heterocycles. The molecular formula is C11H9ClN2OS. The highest BCUT2D eigenvalue weighted by Gasteiger charge is 2.23. The molecule has 0 spiro atoms. The van der Waals surface area contributed by atoms with Gasteiger partial charge in [-0.25, -0.2) is 4.98 Å². The SMILES string of the molecule is [2H]C1c2cc3nc(Cl)sc3cc2N(C(C)=O)C1[2H]. The van der Waals surface area contributed by atoms with Crippen LogP contribution in [0.3, 0.4) is 0 Å². The molecule has 5 heteroatoms. The zero-order valence-corrected chi connectivity index (χ0v) is 9.97. The van der Waals surface area contributed by atoms with Crippen LogP contribution in [-0.4, -0.2) is 17.4 Å². The molecule has 2 unspecified atom stereocenters. The Balaban J connectivity index is 2.26. The van der Waals surface area contributed by atoms with Gasteiger partial charge in [-0.1, -0.05) is 11.6 Å². The summed E-state index contributed by atoms with van der Waals surface area (Å²) < 4.78 is 17.2. The van der Waals surface area contributed by atoms with Crippen LogP contribution in [0.1, 0.15) is 15.2 Å². The number of hydrogen-bond acceptors (Lipinski definition) is 3. The fourth-order valence-electron chi connectivity index (χ4n) is 1.80. The molecular weight excluding hydrogens is 244 g/mol. The van der Waals surface area contributed by atoms with Crippen molar-refractivity contribution < 1.29 is 7.54 Å². The van der Waals surface area contributed by atoms with Crippen LogP contribution < -0.4 is 4.90 Å². The number of aromatic nitrogens is 1. The van der Waals surface area contributed by atoms with Crippen LogP contribution in [0.4, 0.5) is 5.69 Å². The molecule has 0 saturated carbocycles. The Bertz CT molecular complexity index is 660. The standard InChI is InChI=1S/C11H9ClN2OS/c1-6(15)14-3-2-7-4-8-10(5-9(7)14)16-11(12)13-8/h4-5H,2-3H2,1H3/i2D,3D. The molecule has 2 heterocycles. The molecule has 16 heavy (non-hydrogen) atoms. The van der Waals surface area contributed by atoms with Gasteiger partial charge in [0.1, 0.15) is 0 Å². The van der Waals surface area contributed by atoms with Gasteiger partial charge in [-0.3, -0.25) is 4.79 Å². The number of thiazole rings is 1. The summed E-state index contributed by atoms with van der Waals surface area (Å²) in [5, 5.41) is 0. The Morgan fingerprint density at radius 2 is 2.50 bits per heavy atom. The number of hydrogen-bond donors (Lipinski definition) is 0. The van der Waals surface area contributed by atoms with E-state index in [1.807, 2.05) is 0 Å². The van der Waals surface area contributed by atoms with Crippen molar-refractivity contribution in [3.8, 4) is 0 Å². The Labute approximate surface area is 104 Å². The maximum atomic E-state index is 11.6. The minimum absolute atomic E-state index is 0.221. The number of fused-ring (bicyclic) bond motifs is 2. The summed E-state index contributed by atoms with van der Waals surface area (Å²) in [6, 6.07) is 3.56. The van der Waals surface area contributed by atoms with Crippen molar-refractivity contribution in [1.82, 2.24) is 4.98 Å². The molecule has 82 valence electrons. The fourth-order valence-corrected chi connectivity index (χ4v) is 2.85. The molecule has 0 saturated heterocycles. The highest BCUT2D eigenvalue weighted by atomic mass is 35.5. The van der Waals surface area contributed by atoms with Crippen molar-refractivity contribution in [2.45, 2.75) is 13.3 Å². The van der Waals surface area contributed by atoms with Gasteiger partial charge in [-0.2, -0.15) is 0 Å². The molecule has 3 nitrogen and oxygen atoms in total. The number of amides is 1. The number of benzene rings is 1. The first kappa shape index (κ1) is 8.03. The molecule has 0 fully saturated rings. The Morgan fingerprint density at radius 1 is 1.69 bits per heavy atom. The normalized spacial score (nSPS) is 25.5. The summed E-state index contributed by atoms with van der Waals surface area (Å²) in [7, 11) is 0. The van der Waals surface area contributed by atoms with Gasteiger partial charge in [0.05, 0.1) is 11.6 Å². The Kier molecular flexibility index (Phi) is 1.72. The van der Waals surface area contributed by atoms with E-state index >= 15 is 0 Å². The van der Waals surface area contributed by atoms with E-state index in [9.17, 15) is 4.79 Å². The number of carbonyl (C=O) groups is 1. The lowest BCUT2D eigenvalue weighted by Crippen LogP contribution is -2.25. The molecule has 0 radical (unpaired) electrons. The average molecular weight is 255 g/mol. The second-order valence-corrected chi connectivity index (χ2v) is 5.16. The highest BCUT2D eigenvalue weighted by molar-refractivity contribution is 7.22. The van der Waals surface area contributed by atoms with Crippen LogP contribution in [0.2, 0.25) is 4.47 Å². The smallest absolute Gasteiger partial charge is 0.223 e. The molecule has 3 rings (SSSR count). The summed E-state index contributed by atoms with van der Waals surface area (Å²) in [5.74, 6) is -0.221. The lowest BCUT2D eigenvalue weighted by atomic mass is 10.1. The Morgan fingerprint density at radius 3 is 3.25 bits per heavy atom. The van der Waals surface area contributed by atoms with Gasteiger partial charge in [-0.15, -0.1) is 11.3 Å². The molecule has 0 aliphatic carbocycles. The summed E-state index contributed by atoms with van der Waals surface area (Å²) in [6.07, 6.45) is -0.756. The van der Waals surface area contributed by atoms with Gasteiger partial charge in [0.2, 0.25) is 5.91 Å². The summed E-state index contributed by atoms with van der Waals surface area (Å²) >= 11 is 7.18. The van der Waals surface area contributed by atoms with Gasteiger partial charge in [0.15, 0.2) is 4.47 Å². The lowest BCUT2D eigenvalue weighted by Gasteiger charge is -2.14. The molecule has 0 bridgehead atoms. The summed E-state index contributed by atoms with van der Waals surface area (Å²) in [5.41, 5.74) is 2.02. The highest BCUT2D eigenvalue weighted by Crippen LogP contribution is 2.35. The molecule has 2 aromatic rings. The fraction of sp³-hybridized carbons (Fsp3) is 0.273. The van der Waals surface area contributed by atoms with Gasteiger partial charge in [0.25, 0.3) is 0 Å². The van der Waals surface area contributed by atoms with Gasteiger partial charge >= 0.3 is 0 Å². The van der Waals surface area contributed by atoms with Crippen molar-refractivity contribution in [2.24, 2.45) is 0 Å². The third-order valence-corrected chi connectivity index (χ3v) is 3.64. The van der Waals surface area contributed by atoms with Gasteiger partial charge < -0.3 is 4.90 Å². The van der Waals surface area contributed by atoms with E-state index in [4.69, 9.17) is 14.3 Å². The van der Waals surface area contributed by atoms with Crippen molar-refractivity contribution in [2.75, 3.05) is 11.4 Å². The zero-order valence-electron chi connectivity index (χ0n) is 10.4. The molecule has 2 atom stereocenters. The van der Waals surface area contributed by atoms with E-state index in [0.717, 1.165) is 10.2 Å². The van der Waals surface area contributed by atoms with Crippen molar-refractivity contribution in [3.05, 3.63) is 22.2 Å². The number of carbonyl (C=O) groups excluding carboxylic acids is 1. The zero-order chi connectivity index (χ0) is 13.0. The predicted molar refractivity (Wildman–Crippen MR) is 66.4 cm³/mol. The van der Waals surface area contributed by atoms with Crippen LogP contribution in [0.5, 0.6) is 0 Å². The third-order valence-electron chi connectivity index (χ3n) is 2.51. The first-order valence-electron chi connectivity index (χ1n) is 5.89. The number of aryl methyl sites for hydroxylation is 1. The molecule has 1 aliphatic rings. The minimum atomic E-state index is -0.885. The van der Waals surface area contributed by atoms with E-state index in [-0.39, 0.29) is 5.91 Å². The van der Waals surface area contributed by atoms with Crippen molar-refractivity contribution in [1.29, 1.82) is 0 Å². The van der Waals surface area contributed by atoms with E-state index in [1.54, 1.807) is 12.1 Å². The maximum absolute atomic E-state index is 11.6. The van der Waals surface area contributed by atoms with Crippen LogP contribution in [-0.2, 0) is 11.2 Å². The molecule has 1 aromatic carbocycles. The number of rotatable bonds is 0. The third kappa shape index (κ3) is 1.41. The first-order chi connectivity index (χ1) is 8.49. The van der Waals surface area contributed by atoms with Crippen LogP contribution >= 0.6 is 22.9 Å². The lowest BCUT2D eigenvalue weighted by molar-refractivity contribution is -0.116. The predicted octanol–water partition coefficient (Wildman–Crippen LogP) is 2.86. The number of nitrogens with zero attached hydrogens (tertiary/aromatic N) is 2. The maximum Gasteiger partial charge on any atom is 0.223 e. The van der Waals surface area contributed by atoms with Crippen molar-refractivity contribution in [3.63, 3.8) is 0 Å². The summed E-state index contributed by atoms with van der Waals surface area (Å²) in [4.78, 5) is 17.1. The van der Waals surface area contributed by atoms with Crippen LogP contribution in [0.15, 0.2) is 12.1 Å². The molecule has 0 N–H and O–H groups in total. The van der Waals surface area contributed by atoms with Crippen LogP contribution in [0, 0.1) is 0 Å². The molecule has 1 aliphatic heterocycles. The number of halogens is 1. The summed E-state index contributed by atoms with van der Waals surface area (Å²) in [6.45, 7) is 0.525. The Hall–Kier alpha value is -1.13. The van der Waals surface area contributed by atoms with E-state index in [0.29, 0.717) is 15.7 Å². The average Bonchev–Trinajstić information content (AvgIpc) is 2.75. The van der Waals surface area contributed by atoms with Crippen molar-refractivity contribution >= 4 is 44.7 Å².